The fourth-order valence-electron chi connectivity index (χ4n) is 3.11. The van der Waals surface area contributed by atoms with Crippen molar-refractivity contribution >= 4 is 29.2 Å². The average molecular weight is 419 g/mol. The monoisotopic (exact) mass is 418 g/mol. The number of carbonyl (C=O) groups excluding carboxylic acids is 2. The number of nitrogens with zero attached hydrogens (tertiary/aromatic N) is 3. The Morgan fingerprint density at radius 3 is 2.52 bits per heavy atom. The topological polar surface area (TPSA) is 95.0 Å². The van der Waals surface area contributed by atoms with Gasteiger partial charge in [-0.3, -0.25) is 14.5 Å². The molecule has 0 unspecified atom stereocenters. The van der Waals surface area contributed by atoms with E-state index < -0.39 is 11.9 Å². The molecule has 1 aromatic heterocycles. The maximum Gasteiger partial charge on any atom is 0.325 e. The van der Waals surface area contributed by atoms with E-state index in [4.69, 9.17) is 11.6 Å². The summed E-state index contributed by atoms with van der Waals surface area (Å²) < 4.78 is 4.46. The van der Waals surface area contributed by atoms with Gasteiger partial charge in [-0.2, -0.15) is 0 Å². The molecule has 1 aliphatic rings. The summed E-state index contributed by atoms with van der Waals surface area (Å²) in [5.41, 5.74) is 1.83. The van der Waals surface area contributed by atoms with Gasteiger partial charge in [-0.25, -0.2) is 4.98 Å². The van der Waals surface area contributed by atoms with Crippen LogP contribution in [0.5, 0.6) is 5.75 Å². The number of esters is 1. The number of hydrogen-bond acceptors (Lipinski definition) is 7. The van der Waals surface area contributed by atoms with E-state index in [2.05, 4.69) is 24.8 Å². The normalized spacial score (nSPS) is 14.5. The van der Waals surface area contributed by atoms with Crippen molar-refractivity contribution < 1.29 is 19.4 Å². The third-order valence-electron chi connectivity index (χ3n) is 4.75. The summed E-state index contributed by atoms with van der Waals surface area (Å²) in [5.74, 6) is -1.44. The van der Waals surface area contributed by atoms with Gasteiger partial charge in [0.2, 0.25) is 0 Å². The van der Waals surface area contributed by atoms with Crippen LogP contribution >= 0.6 is 11.6 Å². The van der Waals surface area contributed by atoms with Crippen LogP contribution in [0, 0.1) is 0 Å². The summed E-state index contributed by atoms with van der Waals surface area (Å²) in [6.45, 7) is 3.86. The Morgan fingerprint density at radius 1 is 1.21 bits per heavy atom. The standard InChI is InChI=1S/C20H23ClN4O4/c1-29-18(27)12-23-20(28)19-17(26)10-16(11-22-19)25-8-6-24(7-9-25)13-14-2-4-15(21)5-3-14/h2-5,10-11,26H,6-9,12-13H2,1H3,(H,23,28). The number of piperazine rings is 1. The Kier molecular flexibility index (Phi) is 6.90. The number of rotatable bonds is 6. The van der Waals surface area contributed by atoms with Crippen molar-refractivity contribution in [2.24, 2.45) is 0 Å². The van der Waals surface area contributed by atoms with E-state index in [1.165, 1.54) is 18.7 Å². The first-order chi connectivity index (χ1) is 14.0. The molecule has 0 radical (unpaired) electrons. The lowest BCUT2D eigenvalue weighted by Gasteiger charge is -2.36. The van der Waals surface area contributed by atoms with Gasteiger partial charge in [0.05, 0.1) is 19.0 Å². The Labute approximate surface area is 174 Å². The molecule has 8 nitrogen and oxygen atoms in total. The van der Waals surface area contributed by atoms with Gasteiger partial charge in [0.15, 0.2) is 5.69 Å². The summed E-state index contributed by atoms with van der Waals surface area (Å²) >= 11 is 5.93. The molecule has 2 aromatic rings. The highest BCUT2D eigenvalue weighted by molar-refractivity contribution is 6.30. The van der Waals surface area contributed by atoms with E-state index in [-0.39, 0.29) is 18.0 Å². The Morgan fingerprint density at radius 2 is 1.90 bits per heavy atom. The number of nitrogens with one attached hydrogen (secondary N) is 1. The highest BCUT2D eigenvalue weighted by Crippen LogP contribution is 2.24. The first-order valence-electron chi connectivity index (χ1n) is 9.22. The summed E-state index contributed by atoms with van der Waals surface area (Å²) in [4.78, 5) is 31.7. The SMILES string of the molecule is COC(=O)CNC(=O)c1ncc(N2CCN(Cc3ccc(Cl)cc3)CC2)cc1O. The number of pyridine rings is 1. The van der Waals surface area contributed by atoms with Gasteiger partial charge in [0.1, 0.15) is 12.3 Å². The van der Waals surface area contributed by atoms with E-state index in [1.807, 2.05) is 24.3 Å². The lowest BCUT2D eigenvalue weighted by molar-refractivity contribution is -0.139. The summed E-state index contributed by atoms with van der Waals surface area (Å²) in [6.07, 6.45) is 1.56. The lowest BCUT2D eigenvalue weighted by atomic mass is 10.2. The molecule has 3 rings (SSSR count). The number of aromatic nitrogens is 1. The molecule has 2 heterocycles. The van der Waals surface area contributed by atoms with Gasteiger partial charge in [-0.05, 0) is 17.7 Å². The predicted molar refractivity (Wildman–Crippen MR) is 109 cm³/mol. The largest absolute Gasteiger partial charge is 0.505 e. The van der Waals surface area contributed by atoms with Crippen LogP contribution in [0.2, 0.25) is 5.02 Å². The van der Waals surface area contributed by atoms with Crippen LogP contribution in [0.1, 0.15) is 16.1 Å². The van der Waals surface area contributed by atoms with Crippen LogP contribution in [0.3, 0.4) is 0 Å². The molecule has 0 atom stereocenters. The number of hydrogen-bond donors (Lipinski definition) is 2. The number of anilines is 1. The van der Waals surface area contributed by atoms with Crippen molar-refractivity contribution in [2.75, 3.05) is 44.7 Å². The molecule has 154 valence electrons. The van der Waals surface area contributed by atoms with Gasteiger partial charge in [0, 0.05) is 43.8 Å². The molecular formula is C20H23ClN4O4. The van der Waals surface area contributed by atoms with Gasteiger partial charge < -0.3 is 20.1 Å². The second-order valence-electron chi connectivity index (χ2n) is 6.71. The van der Waals surface area contributed by atoms with Gasteiger partial charge in [0.25, 0.3) is 5.91 Å². The molecule has 1 fully saturated rings. The number of amides is 1. The zero-order valence-electron chi connectivity index (χ0n) is 16.1. The third-order valence-corrected chi connectivity index (χ3v) is 5.00. The smallest absolute Gasteiger partial charge is 0.325 e. The molecule has 0 spiro atoms. The number of aromatic hydroxyl groups is 1. The zero-order valence-corrected chi connectivity index (χ0v) is 16.9. The van der Waals surface area contributed by atoms with Crippen molar-refractivity contribution in [3.8, 4) is 5.75 Å². The fraction of sp³-hybridized carbons (Fsp3) is 0.350. The molecule has 0 bridgehead atoms. The average Bonchev–Trinajstić information content (AvgIpc) is 2.74. The van der Waals surface area contributed by atoms with E-state index in [0.717, 1.165) is 43.4 Å². The van der Waals surface area contributed by atoms with Gasteiger partial charge in [-0.15, -0.1) is 0 Å². The Balaban J connectivity index is 1.55. The molecule has 1 aromatic carbocycles. The van der Waals surface area contributed by atoms with Crippen molar-refractivity contribution in [1.82, 2.24) is 15.2 Å². The van der Waals surface area contributed by atoms with E-state index in [1.54, 1.807) is 6.20 Å². The van der Waals surface area contributed by atoms with Crippen LogP contribution in [-0.4, -0.2) is 66.7 Å². The molecule has 1 aliphatic heterocycles. The van der Waals surface area contributed by atoms with Crippen LogP contribution in [0.4, 0.5) is 5.69 Å². The van der Waals surface area contributed by atoms with Crippen LogP contribution in [-0.2, 0) is 16.1 Å². The second kappa shape index (κ2) is 9.58. The minimum atomic E-state index is -0.632. The van der Waals surface area contributed by atoms with Crippen molar-refractivity contribution in [2.45, 2.75) is 6.54 Å². The maximum absolute atomic E-state index is 12.0. The van der Waals surface area contributed by atoms with Crippen LogP contribution in [0.15, 0.2) is 36.5 Å². The predicted octanol–water partition coefficient (Wildman–Crippen LogP) is 1.67. The first-order valence-corrected chi connectivity index (χ1v) is 9.60. The molecule has 1 amide bonds. The number of ether oxygens (including phenoxy) is 1. The molecule has 2 N–H and O–H groups in total. The number of carbonyl (C=O) groups is 2. The van der Waals surface area contributed by atoms with Crippen LogP contribution in [0.25, 0.3) is 0 Å². The van der Waals surface area contributed by atoms with Crippen molar-refractivity contribution in [3.05, 3.63) is 52.8 Å². The van der Waals surface area contributed by atoms with Gasteiger partial charge >= 0.3 is 5.97 Å². The quantitative estimate of drug-likeness (QED) is 0.689. The number of methoxy groups -OCH3 is 1. The molecule has 0 aliphatic carbocycles. The minimum Gasteiger partial charge on any atom is -0.505 e. The third kappa shape index (κ3) is 5.58. The molecule has 1 saturated heterocycles. The van der Waals surface area contributed by atoms with Crippen LogP contribution < -0.4 is 10.2 Å². The Hall–Kier alpha value is -2.84. The summed E-state index contributed by atoms with van der Waals surface area (Å²) in [7, 11) is 1.23. The molecule has 0 saturated carbocycles. The minimum absolute atomic E-state index is 0.126. The fourth-order valence-corrected chi connectivity index (χ4v) is 3.24. The van der Waals surface area contributed by atoms with E-state index in [9.17, 15) is 14.7 Å². The molecule has 29 heavy (non-hydrogen) atoms. The number of halogens is 1. The summed E-state index contributed by atoms with van der Waals surface area (Å²) in [6, 6.07) is 9.37. The highest BCUT2D eigenvalue weighted by atomic mass is 35.5. The lowest BCUT2D eigenvalue weighted by Crippen LogP contribution is -2.46. The van der Waals surface area contributed by atoms with Crippen molar-refractivity contribution in [1.29, 1.82) is 0 Å². The second-order valence-corrected chi connectivity index (χ2v) is 7.15. The molecule has 9 heteroatoms. The maximum atomic E-state index is 12.0. The zero-order chi connectivity index (χ0) is 20.8. The Bertz CT molecular complexity index is 867. The van der Waals surface area contributed by atoms with Crippen molar-refractivity contribution in [3.63, 3.8) is 0 Å². The molecular weight excluding hydrogens is 396 g/mol. The summed E-state index contributed by atoms with van der Waals surface area (Å²) in [5, 5.41) is 13.3. The van der Waals surface area contributed by atoms with E-state index >= 15 is 0 Å². The number of benzene rings is 1. The van der Waals surface area contributed by atoms with Gasteiger partial charge in [-0.1, -0.05) is 23.7 Å². The van der Waals surface area contributed by atoms with E-state index in [0.29, 0.717) is 0 Å². The highest BCUT2D eigenvalue weighted by Gasteiger charge is 2.20. The first kappa shape index (κ1) is 20.9.